The van der Waals surface area contributed by atoms with E-state index < -0.39 is 0 Å². The molecule has 3 aromatic rings. The molecule has 0 aliphatic heterocycles. The molecule has 0 spiro atoms. The molecule has 0 amide bonds. The maximum Gasteiger partial charge on any atom is 0.159 e. The summed E-state index contributed by atoms with van der Waals surface area (Å²) >= 11 is 6.09. The van der Waals surface area contributed by atoms with Crippen LogP contribution in [-0.4, -0.2) is 5.78 Å². The molecule has 0 saturated heterocycles. The number of benzene rings is 2. The van der Waals surface area contributed by atoms with Crippen molar-refractivity contribution in [2.75, 3.05) is 0 Å². The average molecular weight is 271 g/mol. The highest BCUT2D eigenvalue weighted by Gasteiger charge is 2.09. The van der Waals surface area contributed by atoms with Crippen molar-refractivity contribution in [1.82, 2.24) is 0 Å². The molecule has 0 N–H and O–H groups in total. The van der Waals surface area contributed by atoms with Crippen molar-refractivity contribution in [3.05, 3.63) is 59.1 Å². The molecule has 0 fully saturated rings. The average Bonchev–Trinajstić information content (AvgIpc) is 2.84. The first-order valence-corrected chi connectivity index (χ1v) is 6.32. The first-order chi connectivity index (χ1) is 9.15. The Kier molecular flexibility index (Phi) is 2.88. The van der Waals surface area contributed by atoms with E-state index in [1.165, 1.54) is 0 Å². The molecule has 19 heavy (non-hydrogen) atoms. The van der Waals surface area contributed by atoms with Crippen LogP contribution >= 0.6 is 11.6 Å². The number of rotatable bonds is 2. The van der Waals surface area contributed by atoms with Crippen molar-refractivity contribution in [3.8, 4) is 11.3 Å². The lowest BCUT2D eigenvalue weighted by atomic mass is 10.1. The van der Waals surface area contributed by atoms with Gasteiger partial charge in [-0.25, -0.2) is 0 Å². The van der Waals surface area contributed by atoms with E-state index >= 15 is 0 Å². The standard InChI is InChI=1S/C16H11ClO2/c1-10(18)11-5-7-12(8-6-11)15-9-13-3-2-4-14(17)16(13)19-15/h2-9H,1H3. The van der Waals surface area contributed by atoms with Gasteiger partial charge in [-0.05, 0) is 19.1 Å². The fourth-order valence-electron chi connectivity index (χ4n) is 2.04. The van der Waals surface area contributed by atoms with Crippen molar-refractivity contribution >= 4 is 28.4 Å². The molecule has 1 heterocycles. The molecular weight excluding hydrogens is 260 g/mol. The number of carbonyl (C=O) groups is 1. The third-order valence-electron chi connectivity index (χ3n) is 3.07. The van der Waals surface area contributed by atoms with Crippen molar-refractivity contribution in [1.29, 1.82) is 0 Å². The molecule has 3 heteroatoms. The smallest absolute Gasteiger partial charge is 0.159 e. The van der Waals surface area contributed by atoms with Gasteiger partial charge in [0.05, 0.1) is 5.02 Å². The van der Waals surface area contributed by atoms with Gasteiger partial charge in [-0.1, -0.05) is 48.0 Å². The lowest BCUT2D eigenvalue weighted by Gasteiger charge is -1.98. The summed E-state index contributed by atoms with van der Waals surface area (Å²) in [5, 5.41) is 1.57. The second-order valence-corrected chi connectivity index (χ2v) is 4.81. The van der Waals surface area contributed by atoms with Crippen LogP contribution < -0.4 is 0 Å². The van der Waals surface area contributed by atoms with Gasteiger partial charge >= 0.3 is 0 Å². The molecule has 1 aromatic heterocycles. The molecule has 2 aromatic carbocycles. The molecule has 0 bridgehead atoms. The van der Waals surface area contributed by atoms with Crippen molar-refractivity contribution in [2.45, 2.75) is 6.92 Å². The second-order valence-electron chi connectivity index (χ2n) is 4.40. The fourth-order valence-corrected chi connectivity index (χ4v) is 2.26. The highest BCUT2D eigenvalue weighted by Crippen LogP contribution is 2.31. The molecule has 0 aliphatic carbocycles. The van der Waals surface area contributed by atoms with Gasteiger partial charge in [0.1, 0.15) is 5.76 Å². The Morgan fingerprint density at radius 3 is 2.47 bits per heavy atom. The van der Waals surface area contributed by atoms with Crippen molar-refractivity contribution in [2.24, 2.45) is 0 Å². The first-order valence-electron chi connectivity index (χ1n) is 5.94. The minimum absolute atomic E-state index is 0.0548. The zero-order chi connectivity index (χ0) is 13.4. The van der Waals surface area contributed by atoms with E-state index in [0.29, 0.717) is 16.2 Å². The van der Waals surface area contributed by atoms with Crippen LogP contribution in [0.4, 0.5) is 0 Å². The van der Waals surface area contributed by atoms with Gasteiger partial charge in [-0.15, -0.1) is 0 Å². The first kappa shape index (κ1) is 12.0. The van der Waals surface area contributed by atoms with Gasteiger partial charge in [0.2, 0.25) is 0 Å². The van der Waals surface area contributed by atoms with E-state index in [1.54, 1.807) is 25.1 Å². The summed E-state index contributed by atoms with van der Waals surface area (Å²) in [6.07, 6.45) is 0. The Morgan fingerprint density at radius 2 is 1.84 bits per heavy atom. The Hall–Kier alpha value is -2.06. The zero-order valence-corrected chi connectivity index (χ0v) is 11.1. The predicted octanol–water partition coefficient (Wildman–Crippen LogP) is 4.96. The summed E-state index contributed by atoms with van der Waals surface area (Å²) in [5.74, 6) is 0.803. The second kappa shape index (κ2) is 4.56. The summed E-state index contributed by atoms with van der Waals surface area (Å²) in [7, 11) is 0. The predicted molar refractivity (Wildman–Crippen MR) is 76.7 cm³/mol. The van der Waals surface area contributed by atoms with E-state index in [4.69, 9.17) is 16.0 Å². The Bertz CT molecular complexity index is 754. The number of Topliss-reactive ketones (excluding diaryl/α,β-unsaturated/α-hetero) is 1. The molecule has 0 aliphatic rings. The Morgan fingerprint density at radius 1 is 1.11 bits per heavy atom. The molecule has 0 atom stereocenters. The molecule has 2 nitrogen and oxygen atoms in total. The molecule has 0 unspecified atom stereocenters. The third-order valence-corrected chi connectivity index (χ3v) is 3.37. The van der Waals surface area contributed by atoms with Crippen LogP contribution in [0.5, 0.6) is 0 Å². The van der Waals surface area contributed by atoms with Gasteiger partial charge < -0.3 is 4.42 Å². The van der Waals surface area contributed by atoms with Crippen LogP contribution in [0.1, 0.15) is 17.3 Å². The molecule has 94 valence electrons. The number of carbonyl (C=O) groups excluding carboxylic acids is 1. The summed E-state index contributed by atoms with van der Waals surface area (Å²) in [6.45, 7) is 1.55. The van der Waals surface area contributed by atoms with Crippen LogP contribution in [0.2, 0.25) is 5.02 Å². The fraction of sp³-hybridized carbons (Fsp3) is 0.0625. The summed E-state index contributed by atoms with van der Waals surface area (Å²) in [4.78, 5) is 11.2. The van der Waals surface area contributed by atoms with Crippen molar-refractivity contribution in [3.63, 3.8) is 0 Å². The maximum absolute atomic E-state index is 11.2. The molecular formula is C16H11ClO2. The number of fused-ring (bicyclic) bond motifs is 1. The van der Waals surface area contributed by atoms with Gasteiger partial charge in [0.25, 0.3) is 0 Å². The van der Waals surface area contributed by atoms with Crippen LogP contribution in [0, 0.1) is 0 Å². The number of para-hydroxylation sites is 1. The Balaban J connectivity index is 2.09. The van der Waals surface area contributed by atoms with Gasteiger partial charge in [-0.2, -0.15) is 0 Å². The normalized spacial score (nSPS) is 10.8. The zero-order valence-electron chi connectivity index (χ0n) is 10.3. The van der Waals surface area contributed by atoms with Crippen LogP contribution in [0.15, 0.2) is 52.9 Å². The van der Waals surface area contributed by atoms with Gasteiger partial charge in [0.15, 0.2) is 11.4 Å². The van der Waals surface area contributed by atoms with E-state index in [9.17, 15) is 4.79 Å². The van der Waals surface area contributed by atoms with E-state index in [1.807, 2.05) is 30.3 Å². The number of hydrogen-bond acceptors (Lipinski definition) is 2. The summed E-state index contributed by atoms with van der Waals surface area (Å²) < 4.78 is 5.77. The van der Waals surface area contributed by atoms with Crippen LogP contribution in [0.25, 0.3) is 22.3 Å². The van der Waals surface area contributed by atoms with E-state index in [2.05, 4.69) is 0 Å². The van der Waals surface area contributed by atoms with Crippen LogP contribution in [-0.2, 0) is 0 Å². The van der Waals surface area contributed by atoms with E-state index in [0.717, 1.165) is 16.7 Å². The van der Waals surface area contributed by atoms with E-state index in [-0.39, 0.29) is 5.78 Å². The molecule has 0 saturated carbocycles. The summed E-state index contributed by atoms with van der Waals surface area (Å²) in [6, 6.07) is 14.9. The van der Waals surface area contributed by atoms with Gasteiger partial charge in [0, 0.05) is 16.5 Å². The van der Waals surface area contributed by atoms with Gasteiger partial charge in [-0.3, -0.25) is 4.79 Å². The topological polar surface area (TPSA) is 30.2 Å². The molecule has 3 rings (SSSR count). The lowest BCUT2D eigenvalue weighted by molar-refractivity contribution is 0.101. The monoisotopic (exact) mass is 270 g/mol. The number of furan rings is 1. The highest BCUT2D eigenvalue weighted by atomic mass is 35.5. The number of hydrogen-bond donors (Lipinski definition) is 0. The quantitative estimate of drug-likeness (QED) is 0.616. The Labute approximate surface area is 115 Å². The minimum atomic E-state index is 0.0548. The minimum Gasteiger partial charge on any atom is -0.455 e. The largest absolute Gasteiger partial charge is 0.455 e. The lowest BCUT2D eigenvalue weighted by Crippen LogP contribution is -1.90. The third kappa shape index (κ3) is 2.15. The number of halogens is 1. The molecule has 0 radical (unpaired) electrons. The highest BCUT2D eigenvalue weighted by molar-refractivity contribution is 6.34. The maximum atomic E-state index is 11.2. The van der Waals surface area contributed by atoms with Crippen LogP contribution in [0.3, 0.4) is 0 Å². The summed E-state index contributed by atoms with van der Waals surface area (Å²) in [5.41, 5.74) is 2.31. The number of ketones is 1. The van der Waals surface area contributed by atoms with Crippen molar-refractivity contribution < 1.29 is 9.21 Å². The SMILES string of the molecule is CC(=O)c1ccc(-c2cc3cccc(Cl)c3o2)cc1.